The number of carbonyl (C=O) groups is 3. The molecule has 2 atom stereocenters. The van der Waals surface area contributed by atoms with Gasteiger partial charge in [-0.3, -0.25) is 19.3 Å². The second kappa shape index (κ2) is 9.83. The van der Waals surface area contributed by atoms with E-state index in [0.29, 0.717) is 34.6 Å². The van der Waals surface area contributed by atoms with E-state index in [4.69, 9.17) is 11.6 Å². The molecule has 2 heterocycles. The van der Waals surface area contributed by atoms with Crippen LogP contribution in [0.2, 0.25) is 0 Å². The van der Waals surface area contributed by atoms with Crippen molar-refractivity contribution in [2.24, 2.45) is 5.92 Å². The molecular formula is C23H28ClFN4O3. The van der Waals surface area contributed by atoms with Crippen LogP contribution in [-0.2, 0) is 9.59 Å². The van der Waals surface area contributed by atoms with Crippen LogP contribution in [0.4, 0.5) is 14.9 Å². The molecule has 0 saturated heterocycles. The lowest BCUT2D eigenvalue weighted by molar-refractivity contribution is -0.124. The van der Waals surface area contributed by atoms with Crippen molar-refractivity contribution in [1.29, 1.82) is 0 Å². The van der Waals surface area contributed by atoms with Crippen LogP contribution in [0, 0.1) is 11.7 Å². The number of carbonyl (C=O) groups excluding carboxylic acids is 3. The number of hydrogen-bond acceptors (Lipinski definition) is 5. The first kappa shape index (κ1) is 23.9. The van der Waals surface area contributed by atoms with E-state index in [9.17, 15) is 18.8 Å². The lowest BCUT2D eigenvalue weighted by Gasteiger charge is -2.25. The largest absolute Gasteiger partial charge is 0.381 e. The number of rotatable bonds is 7. The molecular weight excluding hydrogens is 435 g/mol. The predicted octanol–water partition coefficient (Wildman–Crippen LogP) is 3.57. The minimum absolute atomic E-state index is 0.188. The van der Waals surface area contributed by atoms with E-state index in [2.05, 4.69) is 15.5 Å². The molecule has 32 heavy (non-hydrogen) atoms. The quantitative estimate of drug-likeness (QED) is 0.368. The molecule has 172 valence electrons. The fraction of sp³-hybridized carbons (Fsp3) is 0.435. The summed E-state index contributed by atoms with van der Waals surface area (Å²) >= 11 is 5.75. The zero-order chi connectivity index (χ0) is 23.6. The van der Waals surface area contributed by atoms with E-state index in [1.54, 1.807) is 13.0 Å². The van der Waals surface area contributed by atoms with E-state index >= 15 is 0 Å². The number of nitrogens with one attached hydrogen (secondary N) is 2. The number of likely N-dealkylation sites (N-methyl/N-ethyl adjacent to an activating group) is 1. The average molecular weight is 463 g/mol. The first-order valence-corrected chi connectivity index (χ1v) is 11.1. The molecule has 3 rings (SSSR count). The van der Waals surface area contributed by atoms with Gasteiger partial charge in [0.25, 0.3) is 11.8 Å². The number of hydrogen-bond donors (Lipinski definition) is 2. The number of anilines is 1. The summed E-state index contributed by atoms with van der Waals surface area (Å²) < 4.78 is 13.7. The molecule has 2 N–H and O–H groups in total. The zero-order valence-corrected chi connectivity index (χ0v) is 19.4. The molecule has 0 bridgehead atoms. The van der Waals surface area contributed by atoms with Crippen LogP contribution in [0.3, 0.4) is 0 Å². The highest BCUT2D eigenvalue weighted by atomic mass is 35.5. The summed E-state index contributed by atoms with van der Waals surface area (Å²) in [5.74, 6) is -1.53. The van der Waals surface area contributed by atoms with E-state index < -0.39 is 17.1 Å². The first-order chi connectivity index (χ1) is 15.2. The van der Waals surface area contributed by atoms with Gasteiger partial charge in [0.1, 0.15) is 5.82 Å². The van der Waals surface area contributed by atoms with Gasteiger partial charge in [-0.1, -0.05) is 20.8 Å². The SMILES string of the molecule is CCN(CC)CCN(C(=O)Cl)C(=O)C1=C(C)NC(/C=C2\C(=O)Nc3ccc(F)cc32)C1C. The molecule has 7 nitrogen and oxygen atoms in total. The van der Waals surface area contributed by atoms with E-state index in [0.717, 1.165) is 18.0 Å². The summed E-state index contributed by atoms with van der Waals surface area (Å²) in [5.41, 5.74) is 2.44. The van der Waals surface area contributed by atoms with E-state index in [1.165, 1.54) is 18.2 Å². The molecule has 9 heteroatoms. The summed E-state index contributed by atoms with van der Waals surface area (Å²) in [6, 6.07) is 3.75. The smallest absolute Gasteiger partial charge is 0.323 e. The van der Waals surface area contributed by atoms with Crippen LogP contribution in [0.5, 0.6) is 0 Å². The maximum atomic E-state index is 13.7. The molecule has 0 fully saturated rings. The van der Waals surface area contributed by atoms with Gasteiger partial charge in [0.2, 0.25) is 0 Å². The normalized spacial score (nSPS) is 21.1. The van der Waals surface area contributed by atoms with Crippen molar-refractivity contribution in [3.63, 3.8) is 0 Å². The molecule has 2 unspecified atom stereocenters. The Morgan fingerprint density at radius 3 is 2.53 bits per heavy atom. The maximum Gasteiger partial charge on any atom is 0.323 e. The Labute approximate surface area is 192 Å². The summed E-state index contributed by atoms with van der Waals surface area (Å²) in [6.45, 7) is 9.94. The number of allylic oxidation sites excluding steroid dienone is 1. The Hall–Kier alpha value is -2.71. The van der Waals surface area contributed by atoms with Gasteiger partial charge in [0, 0.05) is 47.1 Å². The van der Waals surface area contributed by atoms with Gasteiger partial charge in [-0.2, -0.15) is 0 Å². The summed E-state index contributed by atoms with van der Waals surface area (Å²) in [7, 11) is 0. The summed E-state index contributed by atoms with van der Waals surface area (Å²) in [5, 5.41) is 5.13. The van der Waals surface area contributed by atoms with Gasteiger partial charge in [-0.15, -0.1) is 0 Å². The van der Waals surface area contributed by atoms with Crippen LogP contribution < -0.4 is 10.6 Å². The standard InChI is InChI=1S/C23H28ClFN4O3/c1-5-28(6-2)9-10-29(23(24)32)22(31)20-13(3)19(26-14(20)4)12-17-16-11-15(25)7-8-18(16)27-21(17)30/h7-8,11-13,19,26H,5-6,9-10H2,1-4H3,(H,27,30)/b17-12-. The monoisotopic (exact) mass is 462 g/mol. The van der Waals surface area contributed by atoms with Crippen LogP contribution in [-0.4, -0.2) is 59.2 Å². The zero-order valence-electron chi connectivity index (χ0n) is 18.7. The second-order valence-corrected chi connectivity index (χ2v) is 8.28. The predicted molar refractivity (Wildman–Crippen MR) is 123 cm³/mol. The van der Waals surface area contributed by atoms with Crippen molar-refractivity contribution >= 4 is 40.0 Å². The Morgan fingerprint density at radius 2 is 1.91 bits per heavy atom. The van der Waals surface area contributed by atoms with Gasteiger partial charge in [0.15, 0.2) is 0 Å². The molecule has 2 aliphatic heterocycles. The third-order valence-electron chi connectivity index (χ3n) is 6.11. The van der Waals surface area contributed by atoms with Gasteiger partial charge in [-0.25, -0.2) is 4.39 Å². The van der Waals surface area contributed by atoms with Crippen molar-refractivity contribution in [1.82, 2.24) is 15.1 Å². The van der Waals surface area contributed by atoms with Crippen molar-refractivity contribution in [3.8, 4) is 0 Å². The summed E-state index contributed by atoms with van der Waals surface area (Å²) in [6.07, 6.45) is 1.71. The van der Waals surface area contributed by atoms with Gasteiger partial charge < -0.3 is 15.5 Å². The maximum absolute atomic E-state index is 13.7. The molecule has 0 spiro atoms. The van der Waals surface area contributed by atoms with Crippen molar-refractivity contribution in [3.05, 3.63) is 46.9 Å². The number of amides is 3. The van der Waals surface area contributed by atoms with Gasteiger partial charge in [0.05, 0.1) is 6.04 Å². The average Bonchev–Trinajstić information content (AvgIpc) is 3.20. The Morgan fingerprint density at radius 1 is 1.22 bits per heavy atom. The number of nitrogens with zero attached hydrogens (tertiary/aromatic N) is 2. The van der Waals surface area contributed by atoms with Crippen molar-refractivity contribution in [2.45, 2.75) is 33.7 Å². The van der Waals surface area contributed by atoms with Gasteiger partial charge in [-0.05, 0) is 55.9 Å². The highest BCUT2D eigenvalue weighted by molar-refractivity contribution is 6.64. The Kier molecular flexibility index (Phi) is 7.36. The van der Waals surface area contributed by atoms with Crippen LogP contribution in [0.1, 0.15) is 33.3 Å². The number of halogens is 2. The second-order valence-electron chi connectivity index (χ2n) is 7.96. The first-order valence-electron chi connectivity index (χ1n) is 10.7. The van der Waals surface area contributed by atoms with Crippen LogP contribution in [0.15, 0.2) is 35.5 Å². The Bertz CT molecular complexity index is 1000. The van der Waals surface area contributed by atoms with E-state index in [1.807, 2.05) is 20.8 Å². The van der Waals surface area contributed by atoms with E-state index in [-0.39, 0.29) is 24.4 Å². The van der Waals surface area contributed by atoms with Crippen LogP contribution in [0.25, 0.3) is 5.57 Å². The fourth-order valence-corrected chi connectivity index (χ4v) is 4.38. The molecule has 0 aliphatic carbocycles. The highest BCUT2D eigenvalue weighted by Crippen LogP contribution is 2.35. The third-order valence-corrected chi connectivity index (χ3v) is 6.32. The molecule has 0 aromatic heterocycles. The van der Waals surface area contributed by atoms with Crippen molar-refractivity contribution < 1.29 is 18.8 Å². The molecule has 0 saturated carbocycles. The lowest BCUT2D eigenvalue weighted by Crippen LogP contribution is -2.41. The third kappa shape index (κ3) is 4.71. The minimum atomic E-state index is -0.823. The topological polar surface area (TPSA) is 81.8 Å². The lowest BCUT2D eigenvalue weighted by atomic mass is 9.92. The number of fused-ring (bicyclic) bond motifs is 1. The highest BCUT2D eigenvalue weighted by Gasteiger charge is 2.37. The van der Waals surface area contributed by atoms with Gasteiger partial charge >= 0.3 is 5.37 Å². The molecule has 2 aliphatic rings. The van der Waals surface area contributed by atoms with Crippen molar-refractivity contribution in [2.75, 3.05) is 31.5 Å². The molecule has 0 radical (unpaired) electrons. The number of benzene rings is 1. The molecule has 3 amide bonds. The molecule has 1 aromatic carbocycles. The Balaban J connectivity index is 1.82. The summed E-state index contributed by atoms with van der Waals surface area (Å²) in [4.78, 5) is 40.9. The van der Waals surface area contributed by atoms with Crippen LogP contribution >= 0.6 is 11.6 Å². The number of imide groups is 1. The fourth-order valence-electron chi connectivity index (χ4n) is 4.22. The minimum Gasteiger partial charge on any atom is -0.381 e. The molecule has 1 aromatic rings.